The van der Waals surface area contributed by atoms with E-state index in [1.54, 1.807) is 29.4 Å². The number of ether oxygens (including phenoxy) is 1. The van der Waals surface area contributed by atoms with Crippen LogP contribution in [0.5, 0.6) is 6.01 Å². The first-order chi connectivity index (χ1) is 13.7. The average molecular weight is 379 g/mol. The fourth-order valence-corrected chi connectivity index (χ4v) is 3.50. The van der Waals surface area contributed by atoms with Crippen LogP contribution in [0.4, 0.5) is 0 Å². The lowest BCUT2D eigenvalue weighted by Gasteiger charge is -2.14. The molecule has 0 radical (unpaired) electrons. The molecule has 1 N–H and O–H groups in total. The molecule has 2 aromatic rings. The molecule has 2 fully saturated rings. The number of aromatic amines is 1. The van der Waals surface area contributed by atoms with E-state index in [0.29, 0.717) is 22.6 Å². The summed E-state index contributed by atoms with van der Waals surface area (Å²) in [5.74, 6) is 1.28. The highest BCUT2D eigenvalue weighted by atomic mass is 16.5. The van der Waals surface area contributed by atoms with Gasteiger partial charge in [-0.15, -0.1) is 0 Å². The van der Waals surface area contributed by atoms with Crippen LogP contribution in [0.3, 0.4) is 0 Å². The number of hydrogen-bond acceptors (Lipinski definition) is 6. The number of likely N-dealkylation sites (tertiary alicyclic amines) is 1. The number of hydrazone groups is 1. The lowest BCUT2D eigenvalue weighted by Crippen LogP contribution is -2.30. The molecule has 2 aliphatic heterocycles. The summed E-state index contributed by atoms with van der Waals surface area (Å²) in [6, 6.07) is 1.70. The van der Waals surface area contributed by atoms with Gasteiger partial charge >= 0.3 is 6.01 Å². The molecule has 28 heavy (non-hydrogen) atoms. The smallest absolute Gasteiger partial charge is 0.302 e. The molecule has 142 valence electrons. The highest BCUT2D eigenvalue weighted by Gasteiger charge is 2.37. The van der Waals surface area contributed by atoms with E-state index in [0.717, 1.165) is 32.4 Å². The van der Waals surface area contributed by atoms with Gasteiger partial charge in [0, 0.05) is 30.3 Å². The molecule has 0 aromatic carbocycles. The van der Waals surface area contributed by atoms with E-state index in [-0.39, 0.29) is 23.4 Å². The monoisotopic (exact) mass is 379 g/mol. The third kappa shape index (κ3) is 3.30. The number of nitrogens with one attached hydrogen (secondary N) is 1. The predicted octanol–water partition coefficient (Wildman–Crippen LogP) is 0.879. The van der Waals surface area contributed by atoms with Crippen LogP contribution in [0, 0.1) is 11.8 Å². The van der Waals surface area contributed by atoms with Gasteiger partial charge in [-0.3, -0.25) is 19.6 Å². The van der Waals surface area contributed by atoms with Crippen molar-refractivity contribution in [3.8, 4) is 6.01 Å². The minimum absolute atomic E-state index is 0.0899. The van der Waals surface area contributed by atoms with Crippen molar-refractivity contribution in [2.75, 3.05) is 13.1 Å². The Morgan fingerprint density at radius 1 is 1.36 bits per heavy atom. The maximum Gasteiger partial charge on any atom is 0.302 e. The van der Waals surface area contributed by atoms with Crippen molar-refractivity contribution < 1.29 is 14.2 Å². The van der Waals surface area contributed by atoms with E-state index in [4.69, 9.17) is 4.74 Å². The molecule has 1 unspecified atom stereocenters. The second-order valence-electron chi connectivity index (χ2n) is 7.28. The van der Waals surface area contributed by atoms with E-state index >= 15 is 0 Å². The van der Waals surface area contributed by atoms with E-state index in [2.05, 4.69) is 20.1 Å². The molecule has 3 aliphatic rings. The first kappa shape index (κ1) is 16.8. The lowest BCUT2D eigenvalue weighted by molar-refractivity contribution is -0.455. The molecule has 4 heterocycles. The standard InChI is InChI=1S/C19H18N6O3/c26-17-15-3-5-20-8-16(15)22-19(23-17)28-14-7-21-25(11-14)10-12-4-6-24(9-12)18(27)13-1-2-13/h3,5,7-8,10-13H,1-2,4,6,9H2/p+1. The van der Waals surface area contributed by atoms with Crippen molar-refractivity contribution in [3.63, 3.8) is 0 Å². The average Bonchev–Trinajstić information content (AvgIpc) is 3.29. The maximum atomic E-state index is 12.2. The van der Waals surface area contributed by atoms with Crippen molar-refractivity contribution in [2.45, 2.75) is 19.3 Å². The summed E-state index contributed by atoms with van der Waals surface area (Å²) in [6.07, 6.45) is 11.3. The number of nitrogens with zero attached hydrogens (tertiary/aromatic N) is 5. The van der Waals surface area contributed by atoms with Crippen molar-refractivity contribution in [2.24, 2.45) is 16.9 Å². The molecule has 1 aliphatic carbocycles. The Balaban J connectivity index is 1.27. The Hall–Kier alpha value is -3.36. The van der Waals surface area contributed by atoms with Crippen LogP contribution in [-0.2, 0) is 4.79 Å². The molecular weight excluding hydrogens is 360 g/mol. The van der Waals surface area contributed by atoms with Gasteiger partial charge in [0.25, 0.3) is 5.56 Å². The number of rotatable bonds is 4. The van der Waals surface area contributed by atoms with Crippen LogP contribution in [0.15, 0.2) is 40.3 Å². The molecule has 2 aromatic heterocycles. The third-order valence-corrected chi connectivity index (χ3v) is 5.11. The third-order valence-electron chi connectivity index (χ3n) is 5.11. The van der Waals surface area contributed by atoms with Gasteiger partial charge < -0.3 is 9.64 Å². The zero-order valence-electron chi connectivity index (χ0n) is 15.1. The molecule has 1 amide bonds. The normalized spacial score (nSPS) is 22.9. The summed E-state index contributed by atoms with van der Waals surface area (Å²) in [4.78, 5) is 37.1. The molecule has 1 saturated carbocycles. The molecular formula is C19H19N6O3+. The van der Waals surface area contributed by atoms with Crippen LogP contribution < -0.4 is 10.3 Å². The van der Waals surface area contributed by atoms with Gasteiger partial charge in [0.1, 0.15) is 6.21 Å². The van der Waals surface area contributed by atoms with Crippen molar-refractivity contribution >= 4 is 29.2 Å². The second-order valence-corrected chi connectivity index (χ2v) is 7.28. The molecule has 0 bridgehead atoms. The van der Waals surface area contributed by atoms with E-state index < -0.39 is 0 Å². The SMILES string of the molecule is O=C(C1CC1)N1CCC(C=[N+]2C=C(Oc3nc4cnccc4c(=O)[nH]3)C=N2)C1. The summed E-state index contributed by atoms with van der Waals surface area (Å²) < 4.78 is 7.34. The van der Waals surface area contributed by atoms with Gasteiger partial charge in [-0.1, -0.05) is 4.68 Å². The van der Waals surface area contributed by atoms with E-state index in [1.807, 2.05) is 11.1 Å². The summed E-state index contributed by atoms with van der Waals surface area (Å²) in [6.45, 7) is 1.54. The number of carbonyl (C=O) groups is 1. The highest BCUT2D eigenvalue weighted by molar-refractivity contribution is 5.82. The van der Waals surface area contributed by atoms with Crippen LogP contribution in [-0.4, -0.2) is 56.0 Å². The molecule has 9 heteroatoms. The van der Waals surface area contributed by atoms with E-state index in [9.17, 15) is 9.59 Å². The lowest BCUT2D eigenvalue weighted by atomic mass is 10.1. The van der Waals surface area contributed by atoms with Crippen molar-refractivity contribution in [3.05, 3.63) is 40.8 Å². The Labute approximate surface area is 160 Å². The first-order valence-corrected chi connectivity index (χ1v) is 9.35. The number of fused-ring (bicyclic) bond motifs is 1. The highest BCUT2D eigenvalue weighted by Crippen LogP contribution is 2.32. The Morgan fingerprint density at radius 3 is 3.11 bits per heavy atom. The number of aromatic nitrogens is 3. The topological polar surface area (TPSA) is 104 Å². The fourth-order valence-electron chi connectivity index (χ4n) is 3.50. The number of amides is 1. The molecule has 1 atom stereocenters. The second kappa shape index (κ2) is 6.66. The number of H-pyrrole nitrogens is 1. The minimum Gasteiger partial charge on any atom is -0.417 e. The van der Waals surface area contributed by atoms with Gasteiger partial charge in [-0.05, 0) is 25.3 Å². The maximum absolute atomic E-state index is 12.2. The zero-order valence-corrected chi connectivity index (χ0v) is 15.1. The van der Waals surface area contributed by atoms with Crippen LogP contribution >= 0.6 is 0 Å². The fraction of sp³-hybridized carbons (Fsp3) is 0.368. The minimum atomic E-state index is -0.285. The molecule has 0 spiro atoms. The number of allylic oxidation sites excluding steroid dienone is 1. The molecule has 5 rings (SSSR count). The summed E-state index contributed by atoms with van der Waals surface area (Å²) >= 11 is 0. The number of pyridine rings is 1. The Kier molecular flexibility index (Phi) is 4.00. The summed E-state index contributed by atoms with van der Waals surface area (Å²) in [5, 5.41) is 4.73. The van der Waals surface area contributed by atoms with E-state index in [1.165, 1.54) is 6.20 Å². The summed E-state index contributed by atoms with van der Waals surface area (Å²) in [5.41, 5.74) is 0.180. The number of carbonyl (C=O) groups excluding carboxylic acids is 1. The van der Waals surface area contributed by atoms with Crippen molar-refractivity contribution in [1.29, 1.82) is 0 Å². The molecule has 1 saturated heterocycles. The van der Waals surface area contributed by atoms with Crippen LogP contribution in [0.1, 0.15) is 19.3 Å². The Bertz CT molecular complexity index is 1100. The van der Waals surface area contributed by atoms with Crippen molar-refractivity contribution in [1.82, 2.24) is 19.9 Å². The molecule has 9 nitrogen and oxygen atoms in total. The first-order valence-electron chi connectivity index (χ1n) is 9.35. The van der Waals surface area contributed by atoms with Gasteiger partial charge in [0.05, 0.1) is 23.0 Å². The van der Waals surface area contributed by atoms with Gasteiger partial charge in [-0.2, -0.15) is 4.98 Å². The predicted molar refractivity (Wildman–Crippen MR) is 101 cm³/mol. The van der Waals surface area contributed by atoms with Gasteiger partial charge in [0.2, 0.25) is 17.9 Å². The van der Waals surface area contributed by atoms with Crippen LogP contribution in [0.2, 0.25) is 0 Å². The van der Waals surface area contributed by atoms with Gasteiger partial charge in [-0.25, -0.2) is 0 Å². The quantitative estimate of drug-likeness (QED) is 0.795. The number of hydrogen-bond donors (Lipinski definition) is 1. The zero-order chi connectivity index (χ0) is 19.1. The summed E-state index contributed by atoms with van der Waals surface area (Å²) in [7, 11) is 0. The largest absolute Gasteiger partial charge is 0.417 e. The van der Waals surface area contributed by atoms with Gasteiger partial charge in [0.15, 0.2) is 6.21 Å². The van der Waals surface area contributed by atoms with Crippen LogP contribution in [0.25, 0.3) is 10.9 Å². The Morgan fingerprint density at radius 2 is 2.25 bits per heavy atom.